The molecule has 0 N–H and O–H groups in total. The molecule has 0 bridgehead atoms. The van der Waals surface area contributed by atoms with E-state index < -0.39 is 0 Å². The summed E-state index contributed by atoms with van der Waals surface area (Å²) in [4.78, 5) is 4.04. The fourth-order valence-electron chi connectivity index (χ4n) is 3.17. The minimum Gasteiger partial charge on any atom is -0.374 e. The molecule has 5 nitrogen and oxygen atoms in total. The first-order valence-corrected chi connectivity index (χ1v) is 8.01. The summed E-state index contributed by atoms with van der Waals surface area (Å²) in [5.41, 5.74) is 0.919. The fourth-order valence-corrected chi connectivity index (χ4v) is 3.17. The van der Waals surface area contributed by atoms with Crippen LogP contribution in [0.3, 0.4) is 0 Å². The van der Waals surface area contributed by atoms with Crippen molar-refractivity contribution in [3.8, 4) is 0 Å². The van der Waals surface area contributed by atoms with Crippen LogP contribution in [0.25, 0.3) is 0 Å². The maximum atomic E-state index is 13.3. The van der Waals surface area contributed by atoms with Crippen molar-refractivity contribution in [3.63, 3.8) is 0 Å². The summed E-state index contributed by atoms with van der Waals surface area (Å²) >= 11 is 0. The van der Waals surface area contributed by atoms with E-state index in [1.54, 1.807) is 12.1 Å². The lowest BCUT2D eigenvalue weighted by atomic mass is 10.1. The van der Waals surface area contributed by atoms with E-state index in [0.29, 0.717) is 6.54 Å². The maximum Gasteiger partial charge on any atom is 0.174 e. The van der Waals surface area contributed by atoms with Gasteiger partial charge in [0.2, 0.25) is 0 Å². The van der Waals surface area contributed by atoms with Crippen molar-refractivity contribution in [1.29, 1.82) is 0 Å². The van der Waals surface area contributed by atoms with Crippen LogP contribution >= 0.6 is 0 Å². The topological polar surface area (TPSA) is 40.4 Å². The molecule has 3 heterocycles. The Hall–Kier alpha value is -2.21. The fraction of sp³-hybridized carbons (Fsp3) is 0.412. The van der Waals surface area contributed by atoms with Gasteiger partial charge in [-0.15, -0.1) is 5.11 Å². The number of fused-ring (bicyclic) bond motifs is 1. The maximum absolute atomic E-state index is 13.3. The van der Waals surface area contributed by atoms with Crippen molar-refractivity contribution >= 4 is 0 Å². The molecule has 0 saturated carbocycles. The lowest BCUT2D eigenvalue weighted by molar-refractivity contribution is -0.0204. The van der Waals surface area contributed by atoms with Gasteiger partial charge in [0.25, 0.3) is 0 Å². The quantitative estimate of drug-likeness (QED) is 0.856. The second-order valence-corrected chi connectivity index (χ2v) is 6.03. The van der Waals surface area contributed by atoms with Gasteiger partial charge in [-0.3, -0.25) is 0 Å². The molecule has 1 aromatic carbocycles. The Morgan fingerprint density at radius 1 is 1.26 bits per heavy atom. The second kappa shape index (κ2) is 6.12. The molecule has 0 aromatic heterocycles. The Morgan fingerprint density at radius 3 is 3.04 bits per heavy atom. The Morgan fingerprint density at radius 2 is 2.22 bits per heavy atom. The lowest BCUT2D eigenvalue weighted by Gasteiger charge is -2.33. The van der Waals surface area contributed by atoms with Crippen LogP contribution in [0.1, 0.15) is 24.8 Å². The van der Waals surface area contributed by atoms with E-state index in [0.717, 1.165) is 30.8 Å². The molecule has 1 fully saturated rings. The summed E-state index contributed by atoms with van der Waals surface area (Å²) in [6.07, 6.45) is 9.27. The van der Waals surface area contributed by atoms with Crippen molar-refractivity contribution in [2.24, 2.45) is 10.2 Å². The Bertz CT molecular complexity index is 666. The van der Waals surface area contributed by atoms with Crippen molar-refractivity contribution in [3.05, 3.63) is 60.1 Å². The molecule has 4 rings (SSSR count). The monoisotopic (exact) mass is 314 g/mol. The molecule has 1 saturated heterocycles. The van der Waals surface area contributed by atoms with E-state index in [2.05, 4.69) is 15.1 Å². The van der Waals surface area contributed by atoms with E-state index in [9.17, 15) is 4.39 Å². The molecule has 0 radical (unpaired) electrons. The largest absolute Gasteiger partial charge is 0.374 e. The molecule has 3 aliphatic heterocycles. The highest BCUT2D eigenvalue weighted by atomic mass is 19.1. The summed E-state index contributed by atoms with van der Waals surface area (Å²) in [7, 11) is 0. The minimum atomic E-state index is -0.215. The van der Waals surface area contributed by atoms with Gasteiger partial charge in [-0.2, -0.15) is 5.11 Å². The summed E-state index contributed by atoms with van der Waals surface area (Å²) < 4.78 is 19.1. The first kappa shape index (κ1) is 14.4. The SMILES string of the molecule is Fc1cccc(CN2C=CN3C(=C2)N=NC3C2CCCCO2)c1. The number of benzene rings is 1. The van der Waals surface area contributed by atoms with Crippen LogP contribution in [-0.4, -0.2) is 28.7 Å². The van der Waals surface area contributed by atoms with Crippen molar-refractivity contribution in [2.45, 2.75) is 38.1 Å². The van der Waals surface area contributed by atoms with Crippen LogP contribution in [0.15, 0.2) is 58.9 Å². The van der Waals surface area contributed by atoms with Crippen molar-refractivity contribution < 1.29 is 9.13 Å². The standard InChI is InChI=1S/C17H19FN4O/c18-14-5-3-4-13(10-14)11-21-7-8-22-16(12-21)19-20-17(22)15-6-1-2-9-23-15/h3-5,7-8,10,12,15,17H,1-2,6,9,11H2. The summed E-state index contributed by atoms with van der Waals surface area (Å²) in [6, 6.07) is 6.64. The number of hydrogen-bond donors (Lipinski definition) is 0. The second-order valence-electron chi connectivity index (χ2n) is 6.03. The molecule has 2 atom stereocenters. The van der Waals surface area contributed by atoms with Crippen molar-refractivity contribution in [1.82, 2.24) is 9.80 Å². The van der Waals surface area contributed by atoms with Gasteiger partial charge in [-0.25, -0.2) is 4.39 Å². The molecule has 6 heteroatoms. The van der Waals surface area contributed by atoms with Crippen LogP contribution in [0.5, 0.6) is 0 Å². The highest BCUT2D eigenvalue weighted by Gasteiger charge is 2.35. The van der Waals surface area contributed by atoms with Crippen LogP contribution in [0, 0.1) is 5.82 Å². The highest BCUT2D eigenvalue weighted by molar-refractivity contribution is 5.20. The van der Waals surface area contributed by atoms with E-state index >= 15 is 0 Å². The van der Waals surface area contributed by atoms with Crippen molar-refractivity contribution in [2.75, 3.05) is 6.61 Å². The first-order chi connectivity index (χ1) is 11.3. The number of ether oxygens (including phenoxy) is 1. The molecule has 0 aliphatic carbocycles. The van der Waals surface area contributed by atoms with Gasteiger partial charge in [0.1, 0.15) is 11.9 Å². The van der Waals surface area contributed by atoms with Gasteiger partial charge in [-0.05, 0) is 37.0 Å². The van der Waals surface area contributed by atoms with Gasteiger partial charge in [0.05, 0.1) is 0 Å². The minimum absolute atomic E-state index is 0.0610. The third kappa shape index (κ3) is 2.99. The summed E-state index contributed by atoms with van der Waals surface area (Å²) in [5, 5.41) is 8.67. The van der Waals surface area contributed by atoms with Crippen LogP contribution in [0.2, 0.25) is 0 Å². The van der Waals surface area contributed by atoms with Crippen LogP contribution in [0.4, 0.5) is 4.39 Å². The molecular weight excluding hydrogens is 295 g/mol. The Kier molecular flexibility index (Phi) is 3.83. The molecule has 2 unspecified atom stereocenters. The predicted octanol–water partition coefficient (Wildman–Crippen LogP) is 3.57. The molecule has 120 valence electrons. The highest BCUT2D eigenvalue weighted by Crippen LogP contribution is 2.31. The molecule has 1 aromatic rings. The molecule has 0 amide bonds. The molecule has 0 spiro atoms. The van der Waals surface area contributed by atoms with Gasteiger partial charge >= 0.3 is 0 Å². The van der Waals surface area contributed by atoms with Crippen LogP contribution < -0.4 is 0 Å². The number of rotatable bonds is 3. The zero-order valence-corrected chi connectivity index (χ0v) is 12.8. The van der Waals surface area contributed by atoms with E-state index in [1.807, 2.05) is 29.6 Å². The van der Waals surface area contributed by atoms with E-state index in [1.165, 1.54) is 12.5 Å². The summed E-state index contributed by atoms with van der Waals surface area (Å²) in [5.74, 6) is 0.593. The molecular formula is C17H19FN4O. The number of hydrogen-bond acceptors (Lipinski definition) is 5. The third-order valence-electron chi connectivity index (χ3n) is 4.33. The number of nitrogens with zero attached hydrogens (tertiary/aromatic N) is 4. The Balaban J connectivity index is 1.45. The van der Waals surface area contributed by atoms with E-state index in [-0.39, 0.29) is 18.1 Å². The van der Waals surface area contributed by atoms with Gasteiger partial charge in [0, 0.05) is 31.8 Å². The average molecular weight is 314 g/mol. The third-order valence-corrected chi connectivity index (χ3v) is 4.33. The number of azo groups is 1. The van der Waals surface area contributed by atoms with E-state index in [4.69, 9.17) is 4.74 Å². The average Bonchev–Trinajstić information content (AvgIpc) is 2.99. The van der Waals surface area contributed by atoms with Crippen LogP contribution in [-0.2, 0) is 11.3 Å². The summed E-state index contributed by atoms with van der Waals surface area (Å²) in [6.45, 7) is 1.41. The lowest BCUT2D eigenvalue weighted by Crippen LogP contribution is -2.40. The molecule has 3 aliphatic rings. The molecule has 23 heavy (non-hydrogen) atoms. The number of halogens is 1. The first-order valence-electron chi connectivity index (χ1n) is 8.01. The van der Waals surface area contributed by atoms with Gasteiger partial charge < -0.3 is 14.5 Å². The zero-order chi connectivity index (χ0) is 15.6. The smallest absolute Gasteiger partial charge is 0.174 e. The zero-order valence-electron chi connectivity index (χ0n) is 12.8. The van der Waals surface area contributed by atoms with Gasteiger partial charge in [-0.1, -0.05) is 12.1 Å². The predicted molar refractivity (Wildman–Crippen MR) is 83.2 cm³/mol. The van der Waals surface area contributed by atoms with Gasteiger partial charge in [0.15, 0.2) is 12.0 Å². The Labute approximate surface area is 134 Å². The normalized spacial score (nSPS) is 26.4.